The number of rotatable bonds is 3. The van der Waals surface area contributed by atoms with Gasteiger partial charge in [0.2, 0.25) is 0 Å². The molecule has 2 N–H and O–H groups in total. The maximum atomic E-state index is 12.7. The van der Waals surface area contributed by atoms with Gasteiger partial charge >= 0.3 is 6.18 Å². The lowest BCUT2D eigenvalue weighted by Gasteiger charge is -2.24. The van der Waals surface area contributed by atoms with Crippen LogP contribution in [0.15, 0.2) is 48.5 Å². The van der Waals surface area contributed by atoms with Crippen molar-refractivity contribution in [3.63, 3.8) is 0 Å². The van der Waals surface area contributed by atoms with Crippen molar-refractivity contribution in [2.24, 2.45) is 0 Å². The molecule has 0 aliphatic carbocycles. The Labute approximate surface area is 156 Å². The Bertz CT molecular complexity index is 741. The van der Waals surface area contributed by atoms with Crippen LogP contribution in [0.5, 0.6) is 0 Å². The van der Waals surface area contributed by atoms with Crippen molar-refractivity contribution in [3.05, 3.63) is 59.7 Å². The molecule has 3 rings (SSSR count). The molecule has 26 heavy (non-hydrogen) atoms. The van der Waals surface area contributed by atoms with Crippen LogP contribution in [0, 0.1) is 0 Å². The minimum Gasteiger partial charge on any atom is -0.348 e. The van der Waals surface area contributed by atoms with Crippen molar-refractivity contribution in [1.29, 1.82) is 0 Å². The highest BCUT2D eigenvalue weighted by atomic mass is 35.5. The van der Waals surface area contributed by atoms with Crippen molar-refractivity contribution < 1.29 is 18.0 Å². The summed E-state index contributed by atoms with van der Waals surface area (Å²) in [5.74, 6) is -0.204. The molecule has 1 fully saturated rings. The number of carbonyl (C=O) groups is 1. The summed E-state index contributed by atoms with van der Waals surface area (Å²) in [7, 11) is 0. The van der Waals surface area contributed by atoms with E-state index in [-0.39, 0.29) is 24.4 Å². The molecule has 140 valence electrons. The van der Waals surface area contributed by atoms with Crippen molar-refractivity contribution in [1.82, 2.24) is 10.6 Å². The van der Waals surface area contributed by atoms with Gasteiger partial charge in [-0.1, -0.05) is 30.3 Å². The number of piperidine rings is 1. The second-order valence-electron chi connectivity index (χ2n) is 6.14. The molecule has 0 saturated carbocycles. The van der Waals surface area contributed by atoms with Crippen LogP contribution in [0.4, 0.5) is 13.2 Å². The maximum Gasteiger partial charge on any atom is 0.416 e. The zero-order valence-corrected chi connectivity index (χ0v) is 14.8. The van der Waals surface area contributed by atoms with Crippen LogP contribution in [0.3, 0.4) is 0 Å². The predicted molar refractivity (Wildman–Crippen MR) is 97.5 cm³/mol. The lowest BCUT2D eigenvalue weighted by molar-refractivity contribution is -0.137. The topological polar surface area (TPSA) is 41.1 Å². The van der Waals surface area contributed by atoms with Crippen LogP contribution in [0.2, 0.25) is 0 Å². The van der Waals surface area contributed by atoms with Crippen molar-refractivity contribution in [3.8, 4) is 11.1 Å². The smallest absolute Gasteiger partial charge is 0.348 e. The largest absolute Gasteiger partial charge is 0.416 e. The van der Waals surface area contributed by atoms with E-state index in [0.717, 1.165) is 38.1 Å². The van der Waals surface area contributed by atoms with Crippen LogP contribution >= 0.6 is 12.4 Å². The molecular weight excluding hydrogens is 365 g/mol. The van der Waals surface area contributed by atoms with E-state index < -0.39 is 11.7 Å². The predicted octanol–water partition coefficient (Wildman–Crippen LogP) is 4.28. The van der Waals surface area contributed by atoms with Crippen LogP contribution in [0.25, 0.3) is 11.1 Å². The molecule has 1 saturated heterocycles. The highest BCUT2D eigenvalue weighted by molar-refractivity contribution is 6.01. The molecule has 0 aromatic heterocycles. The van der Waals surface area contributed by atoms with Gasteiger partial charge in [-0.3, -0.25) is 4.79 Å². The lowest BCUT2D eigenvalue weighted by atomic mass is 9.97. The third-order valence-corrected chi connectivity index (χ3v) is 4.33. The van der Waals surface area contributed by atoms with Gasteiger partial charge in [0.15, 0.2) is 0 Å². The summed E-state index contributed by atoms with van der Waals surface area (Å²) in [6, 6.07) is 11.9. The minimum atomic E-state index is -4.37. The van der Waals surface area contributed by atoms with Gasteiger partial charge in [-0.15, -0.1) is 12.4 Å². The first-order valence-electron chi connectivity index (χ1n) is 8.23. The molecule has 0 unspecified atom stereocenters. The first-order chi connectivity index (χ1) is 11.9. The number of nitrogens with one attached hydrogen (secondary N) is 2. The van der Waals surface area contributed by atoms with Crippen LogP contribution < -0.4 is 10.6 Å². The molecule has 0 bridgehead atoms. The summed E-state index contributed by atoms with van der Waals surface area (Å²) < 4.78 is 38.2. The van der Waals surface area contributed by atoms with E-state index in [0.29, 0.717) is 16.7 Å². The monoisotopic (exact) mass is 384 g/mol. The average Bonchev–Trinajstić information content (AvgIpc) is 2.62. The molecule has 1 aliphatic rings. The molecule has 2 aromatic rings. The fraction of sp³-hybridized carbons (Fsp3) is 0.316. The number of halogens is 4. The van der Waals surface area contributed by atoms with Gasteiger partial charge < -0.3 is 10.6 Å². The number of hydrogen-bond donors (Lipinski definition) is 2. The van der Waals surface area contributed by atoms with Crippen LogP contribution in [0.1, 0.15) is 28.8 Å². The normalized spacial score (nSPS) is 17.3. The molecule has 0 spiro atoms. The molecule has 1 amide bonds. The van der Waals surface area contributed by atoms with E-state index in [2.05, 4.69) is 10.6 Å². The fourth-order valence-electron chi connectivity index (χ4n) is 3.01. The Morgan fingerprint density at radius 2 is 1.77 bits per heavy atom. The third kappa shape index (κ3) is 4.77. The summed E-state index contributed by atoms with van der Waals surface area (Å²) in [5.41, 5.74) is 0.970. The van der Waals surface area contributed by atoms with Gasteiger partial charge in [-0.2, -0.15) is 13.2 Å². The summed E-state index contributed by atoms with van der Waals surface area (Å²) in [5, 5.41) is 6.24. The van der Waals surface area contributed by atoms with Crippen molar-refractivity contribution >= 4 is 18.3 Å². The quantitative estimate of drug-likeness (QED) is 0.829. The van der Waals surface area contributed by atoms with Gasteiger partial charge in [0.05, 0.1) is 5.56 Å². The Morgan fingerprint density at radius 3 is 2.38 bits per heavy atom. The molecule has 7 heteroatoms. The van der Waals surface area contributed by atoms with E-state index in [9.17, 15) is 18.0 Å². The first kappa shape index (κ1) is 20.3. The highest BCUT2D eigenvalue weighted by Crippen LogP contribution is 2.31. The van der Waals surface area contributed by atoms with Crippen molar-refractivity contribution in [2.75, 3.05) is 13.1 Å². The second kappa shape index (κ2) is 8.56. The molecular formula is C19H20ClF3N2O. The Balaban J connectivity index is 0.00000243. The molecule has 0 radical (unpaired) electrons. The summed E-state index contributed by atoms with van der Waals surface area (Å²) in [4.78, 5) is 12.6. The van der Waals surface area contributed by atoms with Crippen molar-refractivity contribution in [2.45, 2.75) is 25.1 Å². The van der Waals surface area contributed by atoms with Crippen LogP contribution in [-0.2, 0) is 6.18 Å². The zero-order chi connectivity index (χ0) is 17.9. The fourth-order valence-corrected chi connectivity index (χ4v) is 3.01. The molecule has 1 atom stereocenters. The van der Waals surface area contributed by atoms with E-state index in [1.807, 2.05) is 0 Å². The lowest BCUT2D eigenvalue weighted by Crippen LogP contribution is -2.45. The maximum absolute atomic E-state index is 12.7. The van der Waals surface area contributed by atoms with Gasteiger partial charge in [-0.25, -0.2) is 0 Å². The molecule has 3 nitrogen and oxygen atoms in total. The Kier molecular flexibility index (Phi) is 6.67. The number of carbonyl (C=O) groups excluding carboxylic acids is 1. The SMILES string of the molecule is Cl.O=C(N[C@H]1CCCNC1)c1ccccc1-c1ccc(C(F)(F)F)cc1. The van der Waals surface area contributed by atoms with Gasteiger partial charge in [-0.05, 0) is 48.7 Å². The summed E-state index contributed by atoms with van der Waals surface area (Å²) in [6.45, 7) is 1.68. The third-order valence-electron chi connectivity index (χ3n) is 4.33. The summed E-state index contributed by atoms with van der Waals surface area (Å²) in [6.07, 6.45) is -2.45. The second-order valence-corrected chi connectivity index (χ2v) is 6.14. The van der Waals surface area contributed by atoms with E-state index >= 15 is 0 Å². The first-order valence-corrected chi connectivity index (χ1v) is 8.23. The van der Waals surface area contributed by atoms with Gasteiger partial charge in [0.1, 0.15) is 0 Å². The Hall–Kier alpha value is -2.05. The summed E-state index contributed by atoms with van der Waals surface area (Å²) >= 11 is 0. The number of hydrogen-bond acceptors (Lipinski definition) is 2. The number of alkyl halides is 3. The number of benzene rings is 2. The molecule has 2 aromatic carbocycles. The zero-order valence-electron chi connectivity index (χ0n) is 14.0. The van der Waals surface area contributed by atoms with Crippen LogP contribution in [-0.4, -0.2) is 25.0 Å². The minimum absolute atomic E-state index is 0. The van der Waals surface area contributed by atoms with Gasteiger partial charge in [0, 0.05) is 18.2 Å². The molecule has 1 heterocycles. The van der Waals surface area contributed by atoms with Gasteiger partial charge in [0.25, 0.3) is 5.91 Å². The van der Waals surface area contributed by atoms with E-state index in [1.165, 1.54) is 12.1 Å². The highest BCUT2D eigenvalue weighted by Gasteiger charge is 2.30. The molecule has 1 aliphatic heterocycles. The standard InChI is InChI=1S/C19H19F3N2O.ClH/c20-19(21,22)14-9-7-13(8-10-14)16-5-1-2-6-17(16)18(25)24-15-4-3-11-23-12-15;/h1-2,5-10,15,23H,3-4,11-12H2,(H,24,25);1H/t15-;/m0./s1. The van der Waals surface area contributed by atoms with E-state index in [4.69, 9.17) is 0 Å². The number of amides is 1. The Morgan fingerprint density at radius 1 is 1.08 bits per heavy atom. The average molecular weight is 385 g/mol. The van der Waals surface area contributed by atoms with E-state index in [1.54, 1.807) is 24.3 Å².